The van der Waals surface area contributed by atoms with E-state index in [1.54, 1.807) is 0 Å². The van der Waals surface area contributed by atoms with Crippen LogP contribution in [-0.2, 0) is 13.0 Å². The van der Waals surface area contributed by atoms with Crippen LogP contribution in [0.1, 0.15) is 23.1 Å². The van der Waals surface area contributed by atoms with Crippen LogP contribution in [0.25, 0.3) is 10.9 Å². The van der Waals surface area contributed by atoms with E-state index in [1.165, 1.54) is 53.5 Å². The zero-order chi connectivity index (χ0) is 15.6. The normalized spacial score (nSPS) is 18.7. The lowest BCUT2D eigenvalue weighted by atomic mass is 9.98. The average molecular weight is 304 g/mol. The second-order valence-corrected chi connectivity index (χ2v) is 6.98. The molecule has 0 saturated carbocycles. The van der Waals surface area contributed by atoms with Crippen LogP contribution >= 0.6 is 0 Å². The standard InChI is InChI=1S/C21H24N2/c1-16-3-2-4-18(11-16)14-23-10-8-19(15-23)12-17-5-6-21-20(13-17)7-9-22-21/h2-7,9,11,13,19,22H,8,10,12,14-15H2,1H3/t19-/m0/s1. The first-order valence-corrected chi connectivity index (χ1v) is 8.60. The monoisotopic (exact) mass is 304 g/mol. The Kier molecular flexibility index (Phi) is 3.92. The highest BCUT2D eigenvalue weighted by Gasteiger charge is 2.22. The van der Waals surface area contributed by atoms with Crippen LogP contribution < -0.4 is 0 Å². The van der Waals surface area contributed by atoms with Gasteiger partial charge in [-0.3, -0.25) is 4.90 Å². The number of H-pyrrole nitrogens is 1. The fourth-order valence-corrected chi connectivity index (χ4v) is 3.85. The molecule has 23 heavy (non-hydrogen) atoms. The van der Waals surface area contributed by atoms with Gasteiger partial charge in [-0.2, -0.15) is 0 Å². The summed E-state index contributed by atoms with van der Waals surface area (Å²) in [5.74, 6) is 0.788. The highest BCUT2D eigenvalue weighted by molar-refractivity contribution is 5.79. The van der Waals surface area contributed by atoms with Gasteiger partial charge in [0.15, 0.2) is 0 Å². The van der Waals surface area contributed by atoms with Gasteiger partial charge < -0.3 is 4.98 Å². The zero-order valence-corrected chi connectivity index (χ0v) is 13.8. The Labute approximate surface area is 138 Å². The van der Waals surface area contributed by atoms with Gasteiger partial charge in [-0.25, -0.2) is 0 Å². The van der Waals surface area contributed by atoms with Crippen molar-refractivity contribution in [3.05, 3.63) is 71.4 Å². The van der Waals surface area contributed by atoms with E-state index < -0.39 is 0 Å². The number of aryl methyl sites for hydroxylation is 1. The first-order chi connectivity index (χ1) is 11.3. The first-order valence-electron chi connectivity index (χ1n) is 8.60. The minimum absolute atomic E-state index is 0.788. The molecule has 1 aliphatic rings. The van der Waals surface area contributed by atoms with E-state index in [-0.39, 0.29) is 0 Å². The van der Waals surface area contributed by atoms with Crippen LogP contribution in [0.3, 0.4) is 0 Å². The quantitative estimate of drug-likeness (QED) is 0.749. The summed E-state index contributed by atoms with van der Waals surface area (Å²) >= 11 is 0. The maximum atomic E-state index is 3.27. The van der Waals surface area contributed by atoms with E-state index in [1.807, 2.05) is 6.20 Å². The third kappa shape index (κ3) is 3.32. The molecule has 1 saturated heterocycles. The number of hydrogen-bond donors (Lipinski definition) is 1. The Hall–Kier alpha value is -2.06. The lowest BCUT2D eigenvalue weighted by Crippen LogP contribution is -2.20. The minimum Gasteiger partial charge on any atom is -0.361 e. The van der Waals surface area contributed by atoms with Gasteiger partial charge in [-0.05, 0) is 66.9 Å². The Balaban J connectivity index is 1.38. The summed E-state index contributed by atoms with van der Waals surface area (Å²) in [6, 6.07) is 17.9. The minimum atomic E-state index is 0.788. The molecule has 0 unspecified atom stereocenters. The second kappa shape index (κ2) is 6.21. The number of fused-ring (bicyclic) bond motifs is 1. The molecule has 1 fully saturated rings. The van der Waals surface area contributed by atoms with E-state index in [0.717, 1.165) is 12.5 Å². The summed E-state index contributed by atoms with van der Waals surface area (Å²) in [7, 11) is 0. The van der Waals surface area contributed by atoms with Gasteiger partial charge in [0.25, 0.3) is 0 Å². The fourth-order valence-electron chi connectivity index (χ4n) is 3.85. The molecule has 4 rings (SSSR count). The van der Waals surface area contributed by atoms with E-state index in [2.05, 4.69) is 65.3 Å². The smallest absolute Gasteiger partial charge is 0.0454 e. The zero-order valence-electron chi connectivity index (χ0n) is 13.8. The predicted octanol–water partition coefficient (Wildman–Crippen LogP) is 4.54. The number of nitrogens with zero attached hydrogens (tertiary/aromatic N) is 1. The molecular formula is C21H24N2. The van der Waals surface area contributed by atoms with E-state index in [9.17, 15) is 0 Å². The van der Waals surface area contributed by atoms with Crippen LogP contribution in [0.5, 0.6) is 0 Å². The molecule has 1 atom stereocenters. The van der Waals surface area contributed by atoms with Crippen LogP contribution in [0.2, 0.25) is 0 Å². The van der Waals surface area contributed by atoms with Crippen molar-refractivity contribution in [3.63, 3.8) is 0 Å². The summed E-state index contributed by atoms with van der Waals surface area (Å²) < 4.78 is 0. The lowest BCUT2D eigenvalue weighted by molar-refractivity contribution is 0.316. The molecular weight excluding hydrogens is 280 g/mol. The van der Waals surface area contributed by atoms with E-state index >= 15 is 0 Å². The maximum Gasteiger partial charge on any atom is 0.0454 e. The number of nitrogens with one attached hydrogen (secondary N) is 1. The Morgan fingerprint density at radius 3 is 2.96 bits per heavy atom. The van der Waals surface area contributed by atoms with Crippen LogP contribution in [0.15, 0.2) is 54.7 Å². The van der Waals surface area contributed by atoms with Gasteiger partial charge in [0.05, 0.1) is 0 Å². The van der Waals surface area contributed by atoms with Gasteiger partial charge >= 0.3 is 0 Å². The van der Waals surface area contributed by atoms with E-state index in [0.29, 0.717) is 0 Å². The molecule has 0 radical (unpaired) electrons. The molecule has 0 bridgehead atoms. The van der Waals surface area contributed by atoms with Crippen molar-refractivity contribution >= 4 is 10.9 Å². The molecule has 2 heterocycles. The lowest BCUT2D eigenvalue weighted by Gasteiger charge is -2.16. The third-order valence-electron chi connectivity index (χ3n) is 5.00. The van der Waals surface area contributed by atoms with E-state index in [4.69, 9.17) is 0 Å². The van der Waals surface area contributed by atoms with Crippen molar-refractivity contribution in [3.8, 4) is 0 Å². The Bertz CT molecular complexity index is 802. The highest BCUT2D eigenvalue weighted by atomic mass is 15.1. The molecule has 0 aliphatic carbocycles. The van der Waals surface area contributed by atoms with Gasteiger partial charge in [-0.1, -0.05) is 35.9 Å². The molecule has 1 N–H and O–H groups in total. The van der Waals surface area contributed by atoms with Crippen LogP contribution in [0, 0.1) is 12.8 Å². The largest absolute Gasteiger partial charge is 0.361 e. The van der Waals surface area contributed by atoms with Crippen molar-refractivity contribution in [1.82, 2.24) is 9.88 Å². The molecule has 2 aromatic carbocycles. The summed E-state index contributed by atoms with van der Waals surface area (Å²) in [5.41, 5.74) is 5.51. The van der Waals surface area contributed by atoms with Crippen molar-refractivity contribution in [2.45, 2.75) is 26.3 Å². The number of aromatic nitrogens is 1. The average Bonchev–Trinajstić information content (AvgIpc) is 3.16. The Morgan fingerprint density at radius 1 is 1.09 bits per heavy atom. The van der Waals surface area contributed by atoms with Crippen molar-refractivity contribution in [2.24, 2.45) is 5.92 Å². The molecule has 2 nitrogen and oxygen atoms in total. The van der Waals surface area contributed by atoms with Gasteiger partial charge in [-0.15, -0.1) is 0 Å². The first kappa shape index (κ1) is 14.5. The molecule has 3 aromatic rings. The molecule has 0 amide bonds. The number of benzene rings is 2. The number of likely N-dealkylation sites (tertiary alicyclic amines) is 1. The summed E-state index contributed by atoms with van der Waals surface area (Å²) in [4.78, 5) is 5.88. The summed E-state index contributed by atoms with van der Waals surface area (Å²) in [6.45, 7) is 5.71. The van der Waals surface area contributed by atoms with Gasteiger partial charge in [0, 0.05) is 24.8 Å². The highest BCUT2D eigenvalue weighted by Crippen LogP contribution is 2.24. The van der Waals surface area contributed by atoms with Gasteiger partial charge in [0.1, 0.15) is 0 Å². The van der Waals surface area contributed by atoms with Gasteiger partial charge in [0.2, 0.25) is 0 Å². The third-order valence-corrected chi connectivity index (χ3v) is 5.00. The number of hydrogen-bond acceptors (Lipinski definition) is 1. The number of aromatic amines is 1. The molecule has 118 valence electrons. The Morgan fingerprint density at radius 2 is 2.04 bits per heavy atom. The van der Waals surface area contributed by atoms with Crippen molar-refractivity contribution in [2.75, 3.05) is 13.1 Å². The second-order valence-electron chi connectivity index (χ2n) is 6.98. The number of rotatable bonds is 4. The fraction of sp³-hybridized carbons (Fsp3) is 0.333. The maximum absolute atomic E-state index is 3.27. The van der Waals surface area contributed by atoms with Crippen molar-refractivity contribution in [1.29, 1.82) is 0 Å². The topological polar surface area (TPSA) is 19.0 Å². The SMILES string of the molecule is Cc1cccc(CN2CC[C@@H](Cc3ccc4[nH]ccc4c3)C2)c1. The summed E-state index contributed by atoms with van der Waals surface area (Å²) in [6.07, 6.45) is 4.54. The predicted molar refractivity (Wildman–Crippen MR) is 96.6 cm³/mol. The molecule has 1 aliphatic heterocycles. The molecule has 2 heteroatoms. The van der Waals surface area contributed by atoms with Crippen LogP contribution in [-0.4, -0.2) is 23.0 Å². The van der Waals surface area contributed by atoms with Crippen molar-refractivity contribution < 1.29 is 0 Å². The van der Waals surface area contributed by atoms with Crippen LogP contribution in [0.4, 0.5) is 0 Å². The molecule has 1 aromatic heterocycles. The molecule has 0 spiro atoms. The summed E-state index contributed by atoms with van der Waals surface area (Å²) in [5, 5.41) is 1.33.